The van der Waals surface area contributed by atoms with Gasteiger partial charge in [-0.25, -0.2) is 14.5 Å². The number of imide groups is 1. The fraction of sp³-hybridized carbons (Fsp3) is 0.318. The van der Waals surface area contributed by atoms with Crippen molar-refractivity contribution in [3.05, 3.63) is 59.7 Å². The number of carbonyl (C=O) groups excluding carboxylic acids is 2. The van der Waals surface area contributed by atoms with Gasteiger partial charge in [0.2, 0.25) is 5.91 Å². The molecule has 1 aliphatic rings. The first-order valence-electron chi connectivity index (χ1n) is 9.71. The first-order valence-corrected chi connectivity index (χ1v) is 9.71. The lowest BCUT2D eigenvalue weighted by Crippen LogP contribution is -2.73. The number of nitrogens with one attached hydrogen (secondary N) is 1. The molecule has 0 saturated carbocycles. The zero-order chi connectivity index (χ0) is 21.9. The van der Waals surface area contributed by atoms with Gasteiger partial charge in [0.25, 0.3) is 0 Å². The molecule has 3 rings (SSSR count). The number of amides is 3. The molecule has 0 radical (unpaired) electrons. The number of hydrogen-bond acceptors (Lipinski definition) is 5. The number of nitrogens with zero attached hydrogens (tertiary/aromatic N) is 1. The van der Waals surface area contributed by atoms with E-state index in [0.29, 0.717) is 18.6 Å². The van der Waals surface area contributed by atoms with Crippen LogP contribution in [0.4, 0.5) is 4.79 Å². The topological polar surface area (TPSA) is 116 Å². The molecule has 3 amide bonds. The van der Waals surface area contributed by atoms with Crippen molar-refractivity contribution in [2.24, 2.45) is 5.41 Å². The molecule has 1 fully saturated rings. The van der Waals surface area contributed by atoms with E-state index in [-0.39, 0.29) is 23.8 Å². The van der Waals surface area contributed by atoms with E-state index < -0.39 is 23.6 Å². The van der Waals surface area contributed by atoms with Gasteiger partial charge in [-0.05, 0) is 54.8 Å². The number of aromatic carboxylic acids is 1. The van der Waals surface area contributed by atoms with Gasteiger partial charge >= 0.3 is 12.0 Å². The number of benzene rings is 2. The van der Waals surface area contributed by atoms with Gasteiger partial charge in [-0.2, -0.15) is 0 Å². The highest BCUT2D eigenvalue weighted by Crippen LogP contribution is 2.46. The molecule has 3 N–H and O–H groups in total. The highest BCUT2D eigenvalue weighted by Gasteiger charge is 2.62. The maximum Gasteiger partial charge on any atom is 0.335 e. The lowest BCUT2D eigenvalue weighted by Gasteiger charge is -2.53. The largest absolute Gasteiger partial charge is 0.508 e. The average molecular weight is 412 g/mol. The van der Waals surface area contributed by atoms with E-state index in [1.807, 2.05) is 13.8 Å². The van der Waals surface area contributed by atoms with Gasteiger partial charge in [0, 0.05) is 6.54 Å². The van der Waals surface area contributed by atoms with Crippen molar-refractivity contribution >= 4 is 17.9 Å². The molecule has 2 aromatic rings. The lowest BCUT2D eigenvalue weighted by molar-refractivity contribution is -0.190. The van der Waals surface area contributed by atoms with E-state index in [0.717, 1.165) is 10.5 Å². The van der Waals surface area contributed by atoms with Crippen molar-refractivity contribution in [1.29, 1.82) is 0 Å². The van der Waals surface area contributed by atoms with E-state index >= 15 is 0 Å². The van der Waals surface area contributed by atoms with E-state index in [1.54, 1.807) is 12.1 Å². The van der Waals surface area contributed by atoms with Gasteiger partial charge in [-0.3, -0.25) is 4.79 Å². The summed E-state index contributed by atoms with van der Waals surface area (Å²) < 4.78 is 5.97. The van der Waals surface area contributed by atoms with E-state index in [4.69, 9.17) is 9.84 Å². The molecule has 1 heterocycles. The molecular weight excluding hydrogens is 388 g/mol. The fourth-order valence-electron chi connectivity index (χ4n) is 3.58. The number of urea groups is 1. The third-order valence-electron chi connectivity index (χ3n) is 5.56. The van der Waals surface area contributed by atoms with Crippen LogP contribution in [0.25, 0.3) is 0 Å². The first kappa shape index (κ1) is 21.2. The minimum absolute atomic E-state index is 0.118. The second kappa shape index (κ2) is 8.44. The van der Waals surface area contributed by atoms with Gasteiger partial charge in [0.05, 0.1) is 5.56 Å². The number of hydrogen-bond donors (Lipinski definition) is 3. The summed E-state index contributed by atoms with van der Waals surface area (Å²) in [6.07, 6.45) is 0.208. The molecule has 0 bridgehead atoms. The second-order valence-electron chi connectivity index (χ2n) is 7.16. The Morgan fingerprint density at radius 3 is 2.20 bits per heavy atom. The van der Waals surface area contributed by atoms with E-state index in [1.165, 1.54) is 36.4 Å². The Balaban J connectivity index is 1.75. The van der Waals surface area contributed by atoms with Gasteiger partial charge in [0.1, 0.15) is 16.9 Å². The number of phenols is 1. The normalized spacial score (nSPS) is 17.2. The standard InChI is InChI=1S/C22H24N2O6/c1-3-22(4-2)19(28)24(21(29)23-13-14-5-9-16(25)10-6-14)20(22)30-17-11-7-15(8-12-17)18(26)27/h5-12,20,25H,3-4,13H2,1-2H3,(H,23,29)(H,26,27). The van der Waals surface area contributed by atoms with Crippen LogP contribution in [-0.2, 0) is 11.3 Å². The molecule has 2 aromatic carbocycles. The number of rotatable bonds is 7. The molecule has 8 heteroatoms. The summed E-state index contributed by atoms with van der Waals surface area (Å²) >= 11 is 0. The van der Waals surface area contributed by atoms with Crippen molar-refractivity contribution in [2.75, 3.05) is 0 Å². The van der Waals surface area contributed by atoms with Crippen LogP contribution in [-0.4, -0.2) is 39.2 Å². The zero-order valence-corrected chi connectivity index (χ0v) is 16.8. The Morgan fingerprint density at radius 1 is 1.07 bits per heavy atom. The number of carbonyl (C=O) groups is 3. The van der Waals surface area contributed by atoms with Crippen LogP contribution < -0.4 is 10.1 Å². The minimum Gasteiger partial charge on any atom is -0.508 e. The summed E-state index contributed by atoms with van der Waals surface area (Å²) in [4.78, 5) is 37.7. The number of carboxylic acids is 1. The van der Waals surface area contributed by atoms with E-state index in [2.05, 4.69) is 5.32 Å². The van der Waals surface area contributed by atoms with Crippen molar-refractivity contribution in [2.45, 2.75) is 39.5 Å². The van der Waals surface area contributed by atoms with Crippen molar-refractivity contribution in [3.8, 4) is 11.5 Å². The Hall–Kier alpha value is -3.55. The van der Waals surface area contributed by atoms with Gasteiger partial charge < -0.3 is 20.3 Å². The van der Waals surface area contributed by atoms with Gasteiger partial charge in [0.15, 0.2) is 6.23 Å². The molecule has 1 aliphatic heterocycles. The molecular formula is C22H24N2O6. The highest BCUT2D eigenvalue weighted by atomic mass is 16.5. The van der Waals surface area contributed by atoms with E-state index in [9.17, 15) is 19.5 Å². The molecule has 0 aliphatic carbocycles. The zero-order valence-electron chi connectivity index (χ0n) is 16.8. The average Bonchev–Trinajstić information content (AvgIpc) is 2.74. The van der Waals surface area contributed by atoms with Crippen molar-refractivity contribution in [3.63, 3.8) is 0 Å². The molecule has 1 atom stereocenters. The van der Waals surface area contributed by atoms with Crippen LogP contribution >= 0.6 is 0 Å². The minimum atomic E-state index is -1.05. The lowest BCUT2D eigenvalue weighted by atomic mass is 9.72. The molecule has 1 saturated heterocycles. The van der Waals surface area contributed by atoms with Crippen molar-refractivity contribution in [1.82, 2.24) is 10.2 Å². The number of ether oxygens (including phenoxy) is 1. The summed E-state index contributed by atoms with van der Waals surface area (Å²) in [5.41, 5.74) is 0.0716. The predicted octanol–water partition coefficient (Wildman–Crippen LogP) is 3.35. The Kier molecular flexibility index (Phi) is 5.96. The molecule has 158 valence electrons. The molecule has 1 unspecified atom stereocenters. The van der Waals surface area contributed by atoms with Crippen LogP contribution in [0.3, 0.4) is 0 Å². The number of likely N-dealkylation sites (tertiary alicyclic amines) is 1. The number of carboxylic acid groups (broad SMARTS) is 1. The Bertz CT molecular complexity index is 935. The number of phenolic OH excluding ortho intramolecular Hbond substituents is 1. The van der Waals surface area contributed by atoms with Gasteiger partial charge in [-0.1, -0.05) is 26.0 Å². The van der Waals surface area contributed by atoms with Crippen LogP contribution in [0.1, 0.15) is 42.6 Å². The first-order chi connectivity index (χ1) is 14.3. The Morgan fingerprint density at radius 2 is 1.67 bits per heavy atom. The SMILES string of the molecule is CCC1(CC)C(=O)N(C(=O)NCc2ccc(O)cc2)C1Oc1ccc(C(=O)O)cc1. The van der Waals surface area contributed by atoms with Crippen molar-refractivity contribution < 1.29 is 29.3 Å². The van der Waals surface area contributed by atoms with Crippen LogP contribution in [0, 0.1) is 5.41 Å². The third-order valence-corrected chi connectivity index (χ3v) is 5.56. The monoisotopic (exact) mass is 412 g/mol. The second-order valence-corrected chi connectivity index (χ2v) is 7.16. The third kappa shape index (κ3) is 3.80. The van der Waals surface area contributed by atoms with Gasteiger partial charge in [-0.15, -0.1) is 0 Å². The van der Waals surface area contributed by atoms with Crippen LogP contribution in [0.5, 0.6) is 11.5 Å². The number of aromatic hydroxyl groups is 1. The molecule has 0 aromatic heterocycles. The molecule has 0 spiro atoms. The fourth-order valence-corrected chi connectivity index (χ4v) is 3.58. The Labute approximate surface area is 174 Å². The summed E-state index contributed by atoms with van der Waals surface area (Å²) in [7, 11) is 0. The maximum atomic E-state index is 12.9. The maximum absolute atomic E-state index is 12.9. The van der Waals surface area contributed by atoms with Crippen LogP contribution in [0.2, 0.25) is 0 Å². The quantitative estimate of drug-likeness (QED) is 0.601. The smallest absolute Gasteiger partial charge is 0.335 e. The summed E-state index contributed by atoms with van der Waals surface area (Å²) in [6, 6.07) is 11.6. The summed E-state index contributed by atoms with van der Waals surface area (Å²) in [5.74, 6) is -0.851. The highest BCUT2D eigenvalue weighted by molar-refractivity contribution is 6.03. The number of β-lactam (4-membered cyclic amide) rings is 1. The summed E-state index contributed by atoms with van der Waals surface area (Å²) in [5, 5.41) is 21.1. The predicted molar refractivity (Wildman–Crippen MR) is 108 cm³/mol. The summed E-state index contributed by atoms with van der Waals surface area (Å²) in [6.45, 7) is 3.93. The van der Waals surface area contributed by atoms with Crippen LogP contribution in [0.15, 0.2) is 48.5 Å². The molecule has 30 heavy (non-hydrogen) atoms. The molecule has 8 nitrogen and oxygen atoms in total.